The lowest BCUT2D eigenvalue weighted by atomic mass is 9.95. The second-order valence-electron chi connectivity index (χ2n) is 7.00. The van der Waals surface area contributed by atoms with Crippen molar-refractivity contribution in [2.75, 3.05) is 13.2 Å². The quantitative estimate of drug-likeness (QED) is 0.413. The standard InChI is InChI=1S/C23H23NO6/c1-3-30-17-10-8-15(9-11-17)20-19(21(27)16-6-4-14(2)5-7-16)22(28)23(29)24(20)13-12-18(25)26/h4-11,20,27H,3,12-13H2,1-2H3,(H,25,26). The van der Waals surface area contributed by atoms with Crippen molar-refractivity contribution in [3.8, 4) is 5.75 Å². The minimum absolute atomic E-state index is 0.0570. The highest BCUT2D eigenvalue weighted by Gasteiger charge is 2.46. The van der Waals surface area contributed by atoms with Crippen LogP contribution in [0.4, 0.5) is 0 Å². The zero-order chi connectivity index (χ0) is 21.8. The number of benzene rings is 2. The van der Waals surface area contributed by atoms with Gasteiger partial charge in [-0.15, -0.1) is 0 Å². The van der Waals surface area contributed by atoms with Crippen LogP contribution in [-0.2, 0) is 14.4 Å². The van der Waals surface area contributed by atoms with E-state index in [9.17, 15) is 19.5 Å². The number of carboxylic acids is 1. The first-order chi connectivity index (χ1) is 14.3. The van der Waals surface area contributed by atoms with Gasteiger partial charge in [0, 0.05) is 12.1 Å². The zero-order valence-electron chi connectivity index (χ0n) is 16.8. The van der Waals surface area contributed by atoms with Crippen molar-refractivity contribution in [2.45, 2.75) is 26.3 Å². The minimum Gasteiger partial charge on any atom is -0.507 e. The number of rotatable bonds is 7. The van der Waals surface area contributed by atoms with E-state index in [0.29, 0.717) is 23.5 Å². The lowest BCUT2D eigenvalue weighted by Gasteiger charge is -2.25. The van der Waals surface area contributed by atoms with Crippen LogP contribution in [-0.4, -0.2) is 45.9 Å². The van der Waals surface area contributed by atoms with Crippen molar-refractivity contribution in [2.24, 2.45) is 0 Å². The third-order valence-corrected chi connectivity index (χ3v) is 4.94. The number of carboxylic acid groups (broad SMARTS) is 1. The predicted octanol–water partition coefficient (Wildman–Crippen LogP) is 3.29. The number of likely N-dealkylation sites (tertiary alicyclic amines) is 1. The molecular formula is C23H23NO6. The van der Waals surface area contributed by atoms with Crippen LogP contribution in [0.3, 0.4) is 0 Å². The summed E-state index contributed by atoms with van der Waals surface area (Å²) in [6, 6.07) is 12.9. The Labute approximate surface area is 174 Å². The topological polar surface area (TPSA) is 104 Å². The molecule has 156 valence electrons. The molecule has 1 aliphatic rings. The molecule has 1 fully saturated rings. The number of carbonyl (C=O) groups is 3. The van der Waals surface area contributed by atoms with Gasteiger partial charge in [0.15, 0.2) is 0 Å². The molecule has 1 amide bonds. The highest BCUT2D eigenvalue weighted by Crippen LogP contribution is 2.39. The molecule has 3 rings (SSSR count). The van der Waals surface area contributed by atoms with Crippen molar-refractivity contribution in [3.05, 3.63) is 70.8 Å². The Hall–Kier alpha value is -3.61. The molecule has 0 aliphatic carbocycles. The van der Waals surface area contributed by atoms with Gasteiger partial charge < -0.3 is 19.8 Å². The van der Waals surface area contributed by atoms with Crippen LogP contribution in [0.2, 0.25) is 0 Å². The van der Waals surface area contributed by atoms with Crippen LogP contribution >= 0.6 is 0 Å². The van der Waals surface area contributed by atoms with E-state index in [1.54, 1.807) is 48.5 Å². The number of ketones is 1. The van der Waals surface area contributed by atoms with Crippen molar-refractivity contribution in [1.29, 1.82) is 0 Å². The van der Waals surface area contributed by atoms with Gasteiger partial charge in [0.1, 0.15) is 11.5 Å². The average Bonchev–Trinajstić information content (AvgIpc) is 2.98. The number of aliphatic hydroxyl groups is 1. The molecule has 1 aliphatic heterocycles. The van der Waals surface area contributed by atoms with Crippen LogP contribution in [0, 0.1) is 6.92 Å². The second-order valence-corrected chi connectivity index (χ2v) is 7.00. The Kier molecular flexibility index (Phi) is 6.20. The van der Waals surface area contributed by atoms with E-state index in [4.69, 9.17) is 9.84 Å². The molecule has 0 bridgehead atoms. The number of aliphatic carboxylic acids is 1. The fourth-order valence-corrected chi connectivity index (χ4v) is 3.45. The summed E-state index contributed by atoms with van der Waals surface area (Å²) in [5.41, 5.74) is 1.92. The molecule has 2 aromatic carbocycles. The molecule has 7 nitrogen and oxygen atoms in total. The first-order valence-corrected chi connectivity index (χ1v) is 9.63. The number of aliphatic hydroxyl groups excluding tert-OH is 1. The number of hydrogen-bond acceptors (Lipinski definition) is 5. The summed E-state index contributed by atoms with van der Waals surface area (Å²) in [6.07, 6.45) is -0.314. The van der Waals surface area contributed by atoms with Crippen molar-refractivity contribution >= 4 is 23.4 Å². The van der Waals surface area contributed by atoms with Crippen LogP contribution in [0.5, 0.6) is 5.75 Å². The van der Waals surface area contributed by atoms with Gasteiger partial charge in [-0.3, -0.25) is 14.4 Å². The van der Waals surface area contributed by atoms with Crippen LogP contribution in [0.15, 0.2) is 54.1 Å². The molecule has 1 atom stereocenters. The second kappa shape index (κ2) is 8.82. The fraction of sp³-hybridized carbons (Fsp3) is 0.261. The van der Waals surface area contributed by atoms with Crippen LogP contribution in [0.1, 0.15) is 36.1 Å². The van der Waals surface area contributed by atoms with Gasteiger partial charge in [-0.25, -0.2) is 0 Å². The van der Waals surface area contributed by atoms with E-state index in [2.05, 4.69) is 0 Å². The van der Waals surface area contributed by atoms with E-state index in [0.717, 1.165) is 5.56 Å². The molecule has 2 aromatic rings. The van der Waals surface area contributed by atoms with Crippen LogP contribution in [0.25, 0.3) is 5.76 Å². The number of hydrogen-bond donors (Lipinski definition) is 2. The summed E-state index contributed by atoms with van der Waals surface area (Å²) in [7, 11) is 0. The number of Topliss-reactive ketones (excluding diaryl/α,β-unsaturated/α-hetero) is 1. The third kappa shape index (κ3) is 4.20. The van der Waals surface area contributed by atoms with Gasteiger partial charge in [0.2, 0.25) is 0 Å². The van der Waals surface area contributed by atoms with Gasteiger partial charge in [-0.2, -0.15) is 0 Å². The Morgan fingerprint density at radius 2 is 1.67 bits per heavy atom. The molecule has 30 heavy (non-hydrogen) atoms. The molecule has 0 saturated carbocycles. The Morgan fingerprint density at radius 3 is 2.23 bits per heavy atom. The van der Waals surface area contributed by atoms with E-state index in [-0.39, 0.29) is 24.3 Å². The van der Waals surface area contributed by atoms with Crippen molar-refractivity contribution in [3.63, 3.8) is 0 Å². The fourth-order valence-electron chi connectivity index (χ4n) is 3.45. The Morgan fingerprint density at radius 1 is 1.03 bits per heavy atom. The number of amides is 1. The van der Waals surface area contributed by atoms with E-state index >= 15 is 0 Å². The molecule has 1 unspecified atom stereocenters. The maximum Gasteiger partial charge on any atom is 0.305 e. The molecule has 1 heterocycles. The maximum atomic E-state index is 12.8. The molecule has 0 aromatic heterocycles. The monoisotopic (exact) mass is 409 g/mol. The van der Waals surface area contributed by atoms with E-state index in [1.807, 2.05) is 13.8 Å². The van der Waals surface area contributed by atoms with Crippen molar-refractivity contribution < 1.29 is 29.3 Å². The molecule has 2 N–H and O–H groups in total. The van der Waals surface area contributed by atoms with E-state index in [1.165, 1.54) is 4.90 Å². The van der Waals surface area contributed by atoms with Gasteiger partial charge in [-0.1, -0.05) is 42.0 Å². The number of nitrogens with zero attached hydrogens (tertiary/aromatic N) is 1. The first kappa shape index (κ1) is 21.1. The smallest absolute Gasteiger partial charge is 0.305 e. The highest BCUT2D eigenvalue weighted by molar-refractivity contribution is 6.46. The zero-order valence-corrected chi connectivity index (χ0v) is 16.8. The average molecular weight is 409 g/mol. The molecular weight excluding hydrogens is 386 g/mol. The Bertz CT molecular complexity index is 991. The summed E-state index contributed by atoms with van der Waals surface area (Å²) >= 11 is 0. The van der Waals surface area contributed by atoms with Gasteiger partial charge in [0.25, 0.3) is 11.7 Å². The maximum absolute atomic E-state index is 12.8. The normalized spacial score (nSPS) is 17.9. The Balaban J connectivity index is 2.11. The minimum atomic E-state index is -1.08. The highest BCUT2D eigenvalue weighted by atomic mass is 16.5. The van der Waals surface area contributed by atoms with Gasteiger partial charge in [-0.05, 0) is 31.5 Å². The van der Waals surface area contributed by atoms with Crippen molar-refractivity contribution in [1.82, 2.24) is 4.90 Å². The summed E-state index contributed by atoms with van der Waals surface area (Å²) in [5, 5.41) is 20.0. The summed E-state index contributed by atoms with van der Waals surface area (Å²) in [4.78, 5) is 37.8. The number of ether oxygens (including phenoxy) is 1. The number of carbonyl (C=O) groups excluding carboxylic acids is 2. The SMILES string of the molecule is CCOc1ccc(C2C(=C(O)c3ccc(C)cc3)C(=O)C(=O)N2CCC(=O)O)cc1. The molecule has 0 spiro atoms. The molecule has 0 radical (unpaired) electrons. The predicted molar refractivity (Wildman–Crippen MR) is 110 cm³/mol. The lowest BCUT2D eigenvalue weighted by molar-refractivity contribution is -0.142. The molecule has 7 heteroatoms. The van der Waals surface area contributed by atoms with Gasteiger partial charge in [0.05, 0.1) is 24.6 Å². The largest absolute Gasteiger partial charge is 0.507 e. The summed E-state index contributed by atoms with van der Waals surface area (Å²) in [5.74, 6) is -2.41. The third-order valence-electron chi connectivity index (χ3n) is 4.94. The summed E-state index contributed by atoms with van der Waals surface area (Å²) < 4.78 is 5.44. The number of aryl methyl sites for hydroxylation is 1. The molecule has 1 saturated heterocycles. The van der Waals surface area contributed by atoms with E-state index < -0.39 is 23.7 Å². The summed E-state index contributed by atoms with van der Waals surface area (Å²) in [6.45, 7) is 4.09. The van der Waals surface area contributed by atoms with Crippen LogP contribution < -0.4 is 4.74 Å². The first-order valence-electron chi connectivity index (χ1n) is 9.63. The lowest BCUT2D eigenvalue weighted by Crippen LogP contribution is -2.31. The van der Waals surface area contributed by atoms with Gasteiger partial charge >= 0.3 is 5.97 Å².